The van der Waals surface area contributed by atoms with Gasteiger partial charge in [-0.15, -0.1) is 0 Å². The molecule has 0 heterocycles. The molecule has 0 aromatic heterocycles. The molecule has 3 aromatic rings. The molecule has 0 fully saturated rings. The average molecular weight is 352 g/mol. The number of para-hydroxylation sites is 1. The van der Waals surface area contributed by atoms with Crippen LogP contribution in [0.15, 0.2) is 72.8 Å². The van der Waals surface area contributed by atoms with Crippen molar-refractivity contribution in [1.82, 2.24) is 0 Å². The van der Waals surface area contributed by atoms with E-state index in [1.165, 1.54) is 0 Å². The van der Waals surface area contributed by atoms with Crippen molar-refractivity contribution in [2.75, 3.05) is 11.9 Å². The minimum absolute atomic E-state index is 0.0636. The van der Waals surface area contributed by atoms with Gasteiger partial charge in [-0.25, -0.2) is 0 Å². The number of hydrogen-bond acceptors (Lipinski definition) is 2. The number of ether oxygens (including phenoxy) is 1. The maximum Gasteiger partial charge on any atom is 0.262 e. The van der Waals surface area contributed by atoms with E-state index >= 15 is 0 Å². The molecular formula is C21H18ClNO2. The van der Waals surface area contributed by atoms with Gasteiger partial charge in [-0.3, -0.25) is 4.79 Å². The lowest BCUT2D eigenvalue weighted by Gasteiger charge is -2.12. The summed E-state index contributed by atoms with van der Waals surface area (Å²) in [5.41, 5.74) is 3.64. The molecule has 0 radical (unpaired) electrons. The van der Waals surface area contributed by atoms with E-state index in [0.717, 1.165) is 22.4 Å². The fraction of sp³-hybridized carbons (Fsp3) is 0.0952. The second kappa shape index (κ2) is 7.86. The number of carbonyl (C=O) groups is 1. The van der Waals surface area contributed by atoms with E-state index in [-0.39, 0.29) is 12.5 Å². The monoisotopic (exact) mass is 351 g/mol. The van der Waals surface area contributed by atoms with Crippen LogP contribution in [0.5, 0.6) is 5.75 Å². The maximum atomic E-state index is 12.2. The summed E-state index contributed by atoms with van der Waals surface area (Å²) in [6.45, 7) is 1.83. The number of rotatable bonds is 5. The standard InChI is InChI=1S/C21H18ClNO2/c1-15-13-17(22)11-12-19(15)23-21(24)14-25-20-10-6-5-9-18(20)16-7-3-2-4-8-16/h2-13H,14H2,1H3,(H,23,24). The Hall–Kier alpha value is -2.78. The summed E-state index contributed by atoms with van der Waals surface area (Å²) in [6, 6.07) is 23.0. The molecule has 0 bridgehead atoms. The van der Waals surface area contributed by atoms with Crippen LogP contribution in [0.25, 0.3) is 11.1 Å². The minimum Gasteiger partial charge on any atom is -0.483 e. The Labute approximate surface area is 152 Å². The quantitative estimate of drug-likeness (QED) is 0.674. The van der Waals surface area contributed by atoms with Crippen LogP contribution in [0.4, 0.5) is 5.69 Å². The van der Waals surface area contributed by atoms with E-state index < -0.39 is 0 Å². The number of amides is 1. The van der Waals surface area contributed by atoms with E-state index in [1.807, 2.05) is 67.6 Å². The number of nitrogens with one attached hydrogen (secondary N) is 1. The van der Waals surface area contributed by atoms with Gasteiger partial charge in [0.2, 0.25) is 0 Å². The first-order valence-corrected chi connectivity index (χ1v) is 8.34. The molecule has 25 heavy (non-hydrogen) atoms. The summed E-state index contributed by atoms with van der Waals surface area (Å²) < 4.78 is 5.75. The van der Waals surface area contributed by atoms with Gasteiger partial charge in [-0.05, 0) is 42.3 Å². The van der Waals surface area contributed by atoms with Crippen LogP contribution < -0.4 is 10.1 Å². The number of halogens is 1. The van der Waals surface area contributed by atoms with Gasteiger partial charge in [-0.2, -0.15) is 0 Å². The van der Waals surface area contributed by atoms with Gasteiger partial charge >= 0.3 is 0 Å². The van der Waals surface area contributed by atoms with E-state index in [2.05, 4.69) is 5.32 Å². The van der Waals surface area contributed by atoms with Gasteiger partial charge in [0.1, 0.15) is 5.75 Å². The number of carbonyl (C=O) groups excluding carboxylic acids is 1. The molecule has 0 atom stereocenters. The predicted molar refractivity (Wildman–Crippen MR) is 102 cm³/mol. The van der Waals surface area contributed by atoms with Crippen molar-refractivity contribution in [3.05, 3.63) is 83.4 Å². The fourth-order valence-electron chi connectivity index (χ4n) is 2.55. The molecule has 3 rings (SSSR count). The fourth-order valence-corrected chi connectivity index (χ4v) is 2.77. The van der Waals surface area contributed by atoms with Gasteiger partial charge in [-0.1, -0.05) is 60.1 Å². The van der Waals surface area contributed by atoms with Gasteiger partial charge < -0.3 is 10.1 Å². The second-order valence-corrected chi connectivity index (χ2v) is 6.09. The highest BCUT2D eigenvalue weighted by Gasteiger charge is 2.09. The summed E-state index contributed by atoms with van der Waals surface area (Å²) in [4.78, 5) is 12.2. The highest BCUT2D eigenvalue weighted by atomic mass is 35.5. The number of aryl methyl sites for hydroxylation is 1. The summed E-state index contributed by atoms with van der Waals surface area (Å²) in [7, 11) is 0. The largest absolute Gasteiger partial charge is 0.483 e. The number of benzene rings is 3. The van der Waals surface area contributed by atoms with Crippen molar-refractivity contribution in [2.45, 2.75) is 6.92 Å². The minimum atomic E-state index is -0.215. The molecular weight excluding hydrogens is 334 g/mol. The van der Waals surface area contributed by atoms with Crippen LogP contribution in [0.2, 0.25) is 5.02 Å². The topological polar surface area (TPSA) is 38.3 Å². The molecule has 3 nitrogen and oxygen atoms in total. The van der Waals surface area contributed by atoms with Crippen LogP contribution in [0.3, 0.4) is 0 Å². The molecule has 0 spiro atoms. The van der Waals surface area contributed by atoms with Crippen LogP contribution in [0.1, 0.15) is 5.56 Å². The molecule has 4 heteroatoms. The first kappa shape index (κ1) is 17.1. The van der Waals surface area contributed by atoms with Crippen LogP contribution in [0, 0.1) is 6.92 Å². The van der Waals surface area contributed by atoms with Crippen molar-refractivity contribution in [1.29, 1.82) is 0 Å². The molecule has 0 aliphatic carbocycles. The average Bonchev–Trinajstić information content (AvgIpc) is 2.63. The van der Waals surface area contributed by atoms with E-state index in [1.54, 1.807) is 12.1 Å². The normalized spacial score (nSPS) is 10.3. The van der Waals surface area contributed by atoms with Crippen LogP contribution in [-0.2, 0) is 4.79 Å². The summed E-state index contributed by atoms with van der Waals surface area (Å²) >= 11 is 5.93. The highest BCUT2D eigenvalue weighted by molar-refractivity contribution is 6.30. The zero-order valence-electron chi connectivity index (χ0n) is 13.8. The lowest BCUT2D eigenvalue weighted by molar-refractivity contribution is -0.118. The molecule has 0 saturated carbocycles. The van der Waals surface area contributed by atoms with E-state index in [0.29, 0.717) is 10.8 Å². The molecule has 0 aliphatic heterocycles. The molecule has 3 aromatic carbocycles. The van der Waals surface area contributed by atoms with Crippen LogP contribution >= 0.6 is 11.6 Å². The van der Waals surface area contributed by atoms with E-state index in [9.17, 15) is 4.79 Å². The smallest absolute Gasteiger partial charge is 0.262 e. The van der Waals surface area contributed by atoms with Crippen molar-refractivity contribution >= 4 is 23.2 Å². The molecule has 0 aliphatic rings. The first-order valence-electron chi connectivity index (χ1n) is 7.97. The maximum absolute atomic E-state index is 12.2. The third-order valence-corrected chi connectivity index (χ3v) is 4.03. The molecule has 126 valence electrons. The number of hydrogen-bond donors (Lipinski definition) is 1. The van der Waals surface area contributed by atoms with Gasteiger partial charge in [0.05, 0.1) is 0 Å². The Balaban J connectivity index is 1.69. The zero-order chi connectivity index (χ0) is 17.6. The van der Waals surface area contributed by atoms with Gasteiger partial charge in [0, 0.05) is 16.3 Å². The Morgan fingerprint density at radius 1 is 1.00 bits per heavy atom. The first-order chi connectivity index (χ1) is 12.1. The van der Waals surface area contributed by atoms with Crippen molar-refractivity contribution in [3.63, 3.8) is 0 Å². The number of anilines is 1. The van der Waals surface area contributed by atoms with E-state index in [4.69, 9.17) is 16.3 Å². The van der Waals surface area contributed by atoms with Gasteiger partial charge in [0.15, 0.2) is 6.61 Å². The summed E-state index contributed by atoms with van der Waals surface area (Å²) in [5.74, 6) is 0.463. The highest BCUT2D eigenvalue weighted by Crippen LogP contribution is 2.29. The Morgan fingerprint density at radius 2 is 1.72 bits per heavy atom. The Morgan fingerprint density at radius 3 is 2.48 bits per heavy atom. The predicted octanol–water partition coefficient (Wildman–Crippen LogP) is 5.33. The molecule has 0 saturated heterocycles. The van der Waals surface area contributed by atoms with Crippen LogP contribution in [-0.4, -0.2) is 12.5 Å². The molecule has 0 unspecified atom stereocenters. The Bertz CT molecular complexity index is 878. The Kier molecular flexibility index (Phi) is 5.36. The second-order valence-electron chi connectivity index (χ2n) is 5.66. The molecule has 1 N–H and O–H groups in total. The third kappa shape index (κ3) is 4.40. The summed E-state index contributed by atoms with van der Waals surface area (Å²) in [6.07, 6.45) is 0. The summed E-state index contributed by atoms with van der Waals surface area (Å²) in [5, 5.41) is 3.49. The zero-order valence-corrected chi connectivity index (χ0v) is 14.6. The van der Waals surface area contributed by atoms with Crippen molar-refractivity contribution in [3.8, 4) is 16.9 Å². The van der Waals surface area contributed by atoms with Gasteiger partial charge in [0.25, 0.3) is 5.91 Å². The van der Waals surface area contributed by atoms with Crippen molar-refractivity contribution < 1.29 is 9.53 Å². The lowest BCUT2D eigenvalue weighted by Crippen LogP contribution is -2.20. The third-order valence-electron chi connectivity index (χ3n) is 3.79. The SMILES string of the molecule is Cc1cc(Cl)ccc1NC(=O)COc1ccccc1-c1ccccc1. The van der Waals surface area contributed by atoms with Crippen molar-refractivity contribution in [2.24, 2.45) is 0 Å². The lowest BCUT2D eigenvalue weighted by atomic mass is 10.1. The molecule has 1 amide bonds.